The number of rotatable bonds is 10. The van der Waals surface area contributed by atoms with Crippen LogP contribution < -0.4 is 10.6 Å². The minimum absolute atomic E-state index is 0. The molecule has 0 radical (unpaired) electrons. The van der Waals surface area contributed by atoms with Gasteiger partial charge in [0, 0.05) is 51.8 Å². The first-order valence-corrected chi connectivity index (χ1v) is 10.1. The Morgan fingerprint density at radius 1 is 1.34 bits per heavy atom. The lowest BCUT2D eigenvalue weighted by atomic mass is 10.1. The van der Waals surface area contributed by atoms with Crippen molar-refractivity contribution in [3.63, 3.8) is 0 Å². The highest BCUT2D eigenvalue weighted by Gasteiger charge is 2.24. The van der Waals surface area contributed by atoms with Crippen LogP contribution in [0.2, 0.25) is 0 Å². The number of methoxy groups -OCH3 is 1. The Morgan fingerprint density at radius 2 is 2.17 bits per heavy atom. The van der Waals surface area contributed by atoms with E-state index in [4.69, 9.17) is 9.47 Å². The number of likely N-dealkylation sites (tertiary alicyclic amines) is 1. The molecule has 2 rings (SSSR count). The van der Waals surface area contributed by atoms with Crippen molar-refractivity contribution in [3.05, 3.63) is 29.8 Å². The predicted molar refractivity (Wildman–Crippen MR) is 128 cm³/mol. The quantitative estimate of drug-likeness (QED) is 0.216. The summed E-state index contributed by atoms with van der Waals surface area (Å²) in [6.07, 6.45) is 2.49. The third-order valence-electron chi connectivity index (χ3n) is 4.72. The van der Waals surface area contributed by atoms with E-state index in [-0.39, 0.29) is 29.9 Å². The van der Waals surface area contributed by atoms with Gasteiger partial charge in [-0.2, -0.15) is 0 Å². The van der Waals surface area contributed by atoms with E-state index in [1.165, 1.54) is 0 Å². The van der Waals surface area contributed by atoms with E-state index < -0.39 is 0 Å². The fourth-order valence-corrected chi connectivity index (χ4v) is 3.28. The molecule has 1 unspecified atom stereocenters. The maximum absolute atomic E-state index is 11.8. The largest absolute Gasteiger partial charge is 0.382 e. The molecule has 2 N–H and O–H groups in total. The molecule has 0 saturated carbocycles. The SMILES string of the molecule is CCCC(=O)Nc1cccc(CNC(=NC)N2CCC(COCCOC)C2)c1.I. The molecular formula is C21H35IN4O3. The highest BCUT2D eigenvalue weighted by atomic mass is 127. The van der Waals surface area contributed by atoms with Crippen LogP contribution in [0.1, 0.15) is 31.7 Å². The molecule has 7 nitrogen and oxygen atoms in total. The lowest BCUT2D eigenvalue weighted by molar-refractivity contribution is -0.116. The van der Waals surface area contributed by atoms with E-state index in [1.807, 2.05) is 38.2 Å². The first kappa shape index (κ1) is 25.6. The molecule has 0 spiro atoms. The summed E-state index contributed by atoms with van der Waals surface area (Å²) in [4.78, 5) is 18.5. The molecule has 1 aliphatic heterocycles. The molecule has 1 atom stereocenters. The van der Waals surface area contributed by atoms with Gasteiger partial charge in [0.05, 0.1) is 19.8 Å². The number of nitrogens with zero attached hydrogens (tertiary/aromatic N) is 2. The first-order chi connectivity index (χ1) is 13.7. The molecule has 1 aromatic carbocycles. The van der Waals surface area contributed by atoms with Gasteiger partial charge < -0.3 is 25.0 Å². The van der Waals surface area contributed by atoms with Crippen LogP contribution in [0.3, 0.4) is 0 Å². The van der Waals surface area contributed by atoms with Gasteiger partial charge in [-0.25, -0.2) is 0 Å². The highest BCUT2D eigenvalue weighted by Crippen LogP contribution is 2.17. The van der Waals surface area contributed by atoms with E-state index in [0.717, 1.165) is 49.7 Å². The van der Waals surface area contributed by atoms with Gasteiger partial charge in [-0.05, 0) is 30.5 Å². The number of carbonyl (C=O) groups excluding carboxylic acids is 1. The minimum atomic E-state index is 0. The Kier molecular flexibility index (Phi) is 12.9. The molecule has 1 aliphatic rings. The Morgan fingerprint density at radius 3 is 2.90 bits per heavy atom. The molecule has 1 fully saturated rings. The second kappa shape index (κ2) is 14.6. The van der Waals surface area contributed by atoms with Crippen molar-refractivity contribution in [1.82, 2.24) is 10.2 Å². The van der Waals surface area contributed by atoms with Crippen molar-refractivity contribution in [3.8, 4) is 0 Å². The fraction of sp³-hybridized carbons (Fsp3) is 0.619. The number of hydrogen-bond acceptors (Lipinski definition) is 4. The highest BCUT2D eigenvalue weighted by molar-refractivity contribution is 14.0. The molecule has 1 saturated heterocycles. The second-order valence-corrected chi connectivity index (χ2v) is 7.07. The summed E-state index contributed by atoms with van der Waals surface area (Å²) in [5.74, 6) is 1.48. The molecule has 164 valence electrons. The van der Waals surface area contributed by atoms with Crippen LogP contribution >= 0.6 is 24.0 Å². The molecule has 29 heavy (non-hydrogen) atoms. The van der Waals surface area contributed by atoms with Crippen LogP contribution in [-0.2, 0) is 20.8 Å². The van der Waals surface area contributed by atoms with Crippen molar-refractivity contribution in [2.75, 3.05) is 52.4 Å². The number of benzene rings is 1. The minimum Gasteiger partial charge on any atom is -0.382 e. The first-order valence-electron chi connectivity index (χ1n) is 10.1. The van der Waals surface area contributed by atoms with E-state index in [0.29, 0.717) is 32.1 Å². The number of nitrogens with one attached hydrogen (secondary N) is 2. The fourth-order valence-electron chi connectivity index (χ4n) is 3.28. The zero-order valence-electron chi connectivity index (χ0n) is 17.8. The van der Waals surface area contributed by atoms with Gasteiger partial charge in [0.1, 0.15) is 0 Å². The van der Waals surface area contributed by atoms with Crippen LogP contribution in [0.4, 0.5) is 5.69 Å². The molecule has 0 aliphatic carbocycles. The average molecular weight is 518 g/mol. The predicted octanol–water partition coefficient (Wildman–Crippen LogP) is 3.10. The topological polar surface area (TPSA) is 75.2 Å². The van der Waals surface area contributed by atoms with E-state index >= 15 is 0 Å². The van der Waals surface area contributed by atoms with Crippen LogP contribution in [0.15, 0.2) is 29.3 Å². The summed E-state index contributed by atoms with van der Waals surface area (Å²) in [5, 5.41) is 6.38. The number of anilines is 1. The van der Waals surface area contributed by atoms with Crippen LogP contribution in [0.5, 0.6) is 0 Å². The van der Waals surface area contributed by atoms with Gasteiger partial charge >= 0.3 is 0 Å². The monoisotopic (exact) mass is 518 g/mol. The molecule has 8 heteroatoms. The third-order valence-corrected chi connectivity index (χ3v) is 4.72. The molecule has 1 aromatic rings. The Hall–Kier alpha value is -1.39. The van der Waals surface area contributed by atoms with Gasteiger partial charge in [0.15, 0.2) is 5.96 Å². The van der Waals surface area contributed by atoms with E-state index in [1.54, 1.807) is 7.11 Å². The van der Waals surface area contributed by atoms with Crippen molar-refractivity contribution >= 4 is 41.5 Å². The summed E-state index contributed by atoms with van der Waals surface area (Å²) >= 11 is 0. The summed E-state index contributed by atoms with van der Waals surface area (Å²) < 4.78 is 10.7. The lowest BCUT2D eigenvalue weighted by Gasteiger charge is -2.22. The zero-order chi connectivity index (χ0) is 20.2. The third kappa shape index (κ3) is 9.31. The molecule has 0 bridgehead atoms. The number of guanidine groups is 1. The normalized spacial score (nSPS) is 16.4. The summed E-state index contributed by atoms with van der Waals surface area (Å²) in [6.45, 7) is 6.62. The molecular weight excluding hydrogens is 483 g/mol. The maximum atomic E-state index is 11.8. The van der Waals surface area contributed by atoms with E-state index in [2.05, 4.69) is 20.5 Å². The lowest BCUT2D eigenvalue weighted by Crippen LogP contribution is -2.39. The molecule has 0 aromatic heterocycles. The van der Waals surface area contributed by atoms with Crippen molar-refractivity contribution in [2.24, 2.45) is 10.9 Å². The van der Waals surface area contributed by atoms with Gasteiger partial charge in [-0.3, -0.25) is 9.79 Å². The number of aliphatic imine (C=N–C) groups is 1. The Bertz CT molecular complexity index is 642. The number of hydrogen-bond donors (Lipinski definition) is 2. The molecule has 1 heterocycles. The number of amides is 1. The summed E-state index contributed by atoms with van der Waals surface area (Å²) in [6, 6.07) is 7.93. The van der Waals surface area contributed by atoms with Crippen LogP contribution in [-0.4, -0.2) is 63.8 Å². The zero-order valence-corrected chi connectivity index (χ0v) is 20.1. The van der Waals surface area contributed by atoms with Crippen molar-refractivity contribution in [1.29, 1.82) is 0 Å². The Balaban J connectivity index is 0.00000420. The van der Waals surface area contributed by atoms with Crippen LogP contribution in [0, 0.1) is 5.92 Å². The summed E-state index contributed by atoms with van der Waals surface area (Å²) in [5.41, 5.74) is 1.94. The average Bonchev–Trinajstić information content (AvgIpc) is 3.15. The number of carbonyl (C=O) groups is 1. The van der Waals surface area contributed by atoms with Gasteiger partial charge in [0.25, 0.3) is 0 Å². The van der Waals surface area contributed by atoms with Crippen molar-refractivity contribution in [2.45, 2.75) is 32.7 Å². The summed E-state index contributed by atoms with van der Waals surface area (Å²) in [7, 11) is 3.50. The molecule has 1 amide bonds. The smallest absolute Gasteiger partial charge is 0.224 e. The maximum Gasteiger partial charge on any atom is 0.224 e. The number of ether oxygens (including phenoxy) is 2. The van der Waals surface area contributed by atoms with Gasteiger partial charge in [-0.15, -0.1) is 24.0 Å². The second-order valence-electron chi connectivity index (χ2n) is 7.07. The Labute approximate surface area is 191 Å². The van der Waals surface area contributed by atoms with Crippen LogP contribution in [0.25, 0.3) is 0 Å². The van der Waals surface area contributed by atoms with Gasteiger partial charge in [0.2, 0.25) is 5.91 Å². The van der Waals surface area contributed by atoms with Crippen molar-refractivity contribution < 1.29 is 14.3 Å². The standard InChI is InChI=1S/C21H34N4O3.HI/c1-4-6-20(26)24-19-8-5-7-17(13-19)14-23-21(22-2)25-10-9-18(15-25)16-28-12-11-27-3;/h5,7-8,13,18H,4,6,9-12,14-16H2,1-3H3,(H,22,23)(H,24,26);1H. The van der Waals surface area contributed by atoms with Gasteiger partial charge in [-0.1, -0.05) is 19.1 Å². The van der Waals surface area contributed by atoms with E-state index in [9.17, 15) is 4.79 Å². The number of halogens is 1.